The van der Waals surface area contributed by atoms with Crippen LogP contribution in [0.4, 0.5) is 8.78 Å². The maximum Gasteiger partial charge on any atom is 0.257 e. The Balaban J connectivity index is 1.60. The summed E-state index contributed by atoms with van der Waals surface area (Å²) in [6.45, 7) is 6.21. The second kappa shape index (κ2) is 10.6. The van der Waals surface area contributed by atoms with Crippen LogP contribution in [0.2, 0.25) is 0 Å². The number of likely N-dealkylation sites (tertiary alicyclic amines) is 1. The minimum Gasteiger partial charge on any atom is -0.349 e. The quantitative estimate of drug-likeness (QED) is 0.698. The summed E-state index contributed by atoms with van der Waals surface area (Å²) >= 11 is 0. The molecule has 33 heavy (non-hydrogen) atoms. The number of piperidine rings is 1. The summed E-state index contributed by atoms with van der Waals surface area (Å²) in [4.78, 5) is 39.8. The van der Waals surface area contributed by atoms with Crippen molar-refractivity contribution in [2.75, 3.05) is 13.1 Å². The van der Waals surface area contributed by atoms with Gasteiger partial charge >= 0.3 is 0 Å². The van der Waals surface area contributed by atoms with Gasteiger partial charge in [-0.1, -0.05) is 38.1 Å². The van der Waals surface area contributed by atoms with Crippen molar-refractivity contribution in [2.24, 2.45) is 5.92 Å². The van der Waals surface area contributed by atoms with Crippen molar-refractivity contribution in [3.63, 3.8) is 0 Å². The molecule has 1 fully saturated rings. The second-order valence-electron chi connectivity index (χ2n) is 8.68. The van der Waals surface area contributed by atoms with Crippen molar-refractivity contribution in [3.05, 3.63) is 70.8 Å². The minimum atomic E-state index is -0.979. The first-order valence-electron chi connectivity index (χ1n) is 11.1. The van der Waals surface area contributed by atoms with Crippen LogP contribution < -0.4 is 10.6 Å². The van der Waals surface area contributed by atoms with E-state index in [1.807, 2.05) is 25.1 Å². The lowest BCUT2D eigenvalue weighted by atomic mass is 9.98. The lowest BCUT2D eigenvalue weighted by molar-refractivity contribution is -0.135. The van der Waals surface area contributed by atoms with Crippen LogP contribution in [0.3, 0.4) is 0 Å². The van der Waals surface area contributed by atoms with E-state index >= 15 is 0 Å². The van der Waals surface area contributed by atoms with Crippen LogP contribution in [-0.2, 0) is 4.79 Å². The summed E-state index contributed by atoms with van der Waals surface area (Å²) in [6, 6.07) is 9.53. The molecule has 2 aromatic rings. The SMILES string of the molecule is Cc1ccccc1C(=O)NC1CCN(C(=O)[C@@H](NC(=O)c2c(F)cccc2F)C(C)C)CC1. The Morgan fingerprint density at radius 3 is 2.12 bits per heavy atom. The predicted molar refractivity (Wildman–Crippen MR) is 121 cm³/mol. The Morgan fingerprint density at radius 1 is 0.939 bits per heavy atom. The summed E-state index contributed by atoms with van der Waals surface area (Å²) in [5.74, 6) is -3.65. The van der Waals surface area contributed by atoms with E-state index in [-0.39, 0.29) is 23.8 Å². The molecule has 1 heterocycles. The van der Waals surface area contributed by atoms with Crippen molar-refractivity contribution in [1.82, 2.24) is 15.5 Å². The van der Waals surface area contributed by atoms with Gasteiger partial charge in [0.1, 0.15) is 23.2 Å². The van der Waals surface area contributed by atoms with E-state index in [0.717, 1.165) is 17.7 Å². The lowest BCUT2D eigenvalue weighted by Crippen LogP contribution is -2.55. The molecule has 0 spiro atoms. The van der Waals surface area contributed by atoms with Gasteiger partial charge in [-0.3, -0.25) is 14.4 Å². The Morgan fingerprint density at radius 2 is 1.55 bits per heavy atom. The number of hydrogen-bond donors (Lipinski definition) is 2. The number of carbonyl (C=O) groups excluding carboxylic acids is 3. The highest BCUT2D eigenvalue weighted by atomic mass is 19.1. The fourth-order valence-corrected chi connectivity index (χ4v) is 3.97. The normalized spacial score (nSPS) is 15.3. The molecule has 0 aliphatic carbocycles. The zero-order valence-electron chi connectivity index (χ0n) is 19.0. The van der Waals surface area contributed by atoms with Gasteiger partial charge < -0.3 is 15.5 Å². The van der Waals surface area contributed by atoms with Crippen LogP contribution in [0.1, 0.15) is 53.0 Å². The molecule has 176 valence electrons. The molecule has 8 heteroatoms. The van der Waals surface area contributed by atoms with Crippen LogP contribution in [0.15, 0.2) is 42.5 Å². The number of carbonyl (C=O) groups is 3. The first kappa shape index (κ1) is 24.4. The first-order valence-corrected chi connectivity index (χ1v) is 11.1. The number of hydrogen-bond acceptors (Lipinski definition) is 3. The largest absolute Gasteiger partial charge is 0.349 e. The van der Waals surface area contributed by atoms with E-state index in [2.05, 4.69) is 10.6 Å². The third-order valence-electron chi connectivity index (χ3n) is 5.94. The lowest BCUT2D eigenvalue weighted by Gasteiger charge is -2.35. The van der Waals surface area contributed by atoms with Crippen molar-refractivity contribution in [1.29, 1.82) is 0 Å². The van der Waals surface area contributed by atoms with Gasteiger partial charge in [0.15, 0.2) is 0 Å². The number of rotatable bonds is 6. The Kier molecular flexibility index (Phi) is 7.79. The molecule has 1 atom stereocenters. The molecule has 2 aromatic carbocycles. The molecule has 6 nitrogen and oxygen atoms in total. The fourth-order valence-electron chi connectivity index (χ4n) is 3.97. The molecule has 0 unspecified atom stereocenters. The molecule has 1 aliphatic heterocycles. The van der Waals surface area contributed by atoms with Gasteiger partial charge in [0, 0.05) is 24.7 Å². The van der Waals surface area contributed by atoms with Crippen LogP contribution in [0, 0.1) is 24.5 Å². The molecule has 3 rings (SSSR count). The van der Waals surface area contributed by atoms with Crippen molar-refractivity contribution < 1.29 is 23.2 Å². The standard InChI is InChI=1S/C25H29F2N3O3/c1-15(2)22(29-24(32)21-19(26)9-6-10-20(21)27)25(33)30-13-11-17(12-14-30)28-23(31)18-8-5-4-7-16(18)3/h4-10,15,17,22H,11-14H2,1-3H3,(H,28,31)(H,29,32)/t22-/m0/s1. The third kappa shape index (κ3) is 5.74. The summed E-state index contributed by atoms with van der Waals surface area (Å²) in [6.07, 6.45) is 1.15. The van der Waals surface area contributed by atoms with Crippen molar-refractivity contribution in [2.45, 2.75) is 45.7 Å². The maximum absolute atomic E-state index is 14.0. The minimum absolute atomic E-state index is 0.0687. The molecule has 0 bridgehead atoms. The predicted octanol–water partition coefficient (Wildman–Crippen LogP) is 3.45. The van der Waals surface area contributed by atoms with Crippen LogP contribution in [0.25, 0.3) is 0 Å². The smallest absolute Gasteiger partial charge is 0.257 e. The average Bonchev–Trinajstić information content (AvgIpc) is 2.77. The van der Waals surface area contributed by atoms with E-state index in [1.54, 1.807) is 24.8 Å². The Bertz CT molecular complexity index is 1010. The summed E-state index contributed by atoms with van der Waals surface area (Å²) in [5, 5.41) is 5.53. The Hall–Kier alpha value is -3.29. The van der Waals surface area contributed by atoms with Gasteiger partial charge in [0.05, 0.1) is 0 Å². The summed E-state index contributed by atoms with van der Waals surface area (Å²) in [5.41, 5.74) is 0.817. The van der Waals surface area contributed by atoms with Crippen LogP contribution in [0.5, 0.6) is 0 Å². The van der Waals surface area contributed by atoms with E-state index in [1.165, 1.54) is 6.07 Å². The van der Waals surface area contributed by atoms with Gasteiger partial charge in [-0.25, -0.2) is 8.78 Å². The highest BCUT2D eigenvalue weighted by Gasteiger charge is 2.33. The number of halogens is 2. The van der Waals surface area contributed by atoms with E-state index in [9.17, 15) is 23.2 Å². The molecular weight excluding hydrogens is 428 g/mol. The highest BCUT2D eigenvalue weighted by molar-refractivity contribution is 5.98. The summed E-state index contributed by atoms with van der Waals surface area (Å²) < 4.78 is 27.9. The van der Waals surface area contributed by atoms with Crippen LogP contribution >= 0.6 is 0 Å². The Labute approximate surface area is 192 Å². The van der Waals surface area contributed by atoms with E-state index in [0.29, 0.717) is 31.5 Å². The third-order valence-corrected chi connectivity index (χ3v) is 5.94. The molecule has 0 aromatic heterocycles. The molecule has 1 saturated heterocycles. The van der Waals surface area contributed by atoms with Crippen LogP contribution in [-0.4, -0.2) is 47.8 Å². The molecule has 3 amide bonds. The number of aryl methyl sites for hydroxylation is 1. The van der Waals surface area contributed by atoms with Crippen molar-refractivity contribution >= 4 is 17.7 Å². The number of nitrogens with zero attached hydrogens (tertiary/aromatic N) is 1. The summed E-state index contributed by atoms with van der Waals surface area (Å²) in [7, 11) is 0. The molecule has 0 radical (unpaired) electrons. The number of nitrogens with one attached hydrogen (secondary N) is 2. The maximum atomic E-state index is 14.0. The average molecular weight is 458 g/mol. The molecule has 2 N–H and O–H groups in total. The first-order chi connectivity index (χ1) is 15.7. The van der Waals surface area contributed by atoms with Gasteiger partial charge in [-0.15, -0.1) is 0 Å². The fraction of sp³-hybridized carbons (Fsp3) is 0.400. The molecular formula is C25H29F2N3O3. The number of benzene rings is 2. The van der Waals surface area contributed by atoms with Gasteiger partial charge in [0.2, 0.25) is 5.91 Å². The second-order valence-corrected chi connectivity index (χ2v) is 8.68. The zero-order chi connectivity index (χ0) is 24.1. The highest BCUT2D eigenvalue weighted by Crippen LogP contribution is 2.17. The molecule has 0 saturated carbocycles. The van der Waals surface area contributed by atoms with Gasteiger partial charge in [-0.2, -0.15) is 0 Å². The van der Waals surface area contributed by atoms with E-state index in [4.69, 9.17) is 0 Å². The number of amides is 3. The van der Waals surface area contributed by atoms with Gasteiger partial charge in [-0.05, 0) is 49.4 Å². The monoisotopic (exact) mass is 457 g/mol. The topological polar surface area (TPSA) is 78.5 Å². The zero-order valence-corrected chi connectivity index (χ0v) is 19.0. The van der Waals surface area contributed by atoms with E-state index < -0.39 is 29.1 Å². The van der Waals surface area contributed by atoms with Gasteiger partial charge in [0.25, 0.3) is 11.8 Å². The van der Waals surface area contributed by atoms with Crippen molar-refractivity contribution in [3.8, 4) is 0 Å². The molecule has 1 aliphatic rings.